The van der Waals surface area contributed by atoms with E-state index in [9.17, 15) is 58.2 Å². The number of aliphatic carboxylic acids is 1. The molecule has 0 saturated carbocycles. The van der Waals surface area contributed by atoms with Crippen LogP contribution in [-0.4, -0.2) is 61.0 Å². The number of carboxylic acids is 1. The first kappa shape index (κ1) is 27.5. The summed E-state index contributed by atoms with van der Waals surface area (Å²) >= 11 is 0. The summed E-state index contributed by atoms with van der Waals surface area (Å²) in [5.74, 6) is -24.2. The minimum Gasteiger partial charge on any atom is -0.550 e. The number of esters is 1. The summed E-state index contributed by atoms with van der Waals surface area (Å²) < 4.78 is 134. The number of halogens is 8. The Bertz CT molecular complexity index is 624. The van der Waals surface area contributed by atoms with Gasteiger partial charge in [-0.1, -0.05) is 0 Å². The van der Waals surface area contributed by atoms with Crippen LogP contribution in [-0.2, 0) is 24.4 Å². The molecular weight excluding hydrogens is 427 g/mol. The zero-order chi connectivity index (χ0) is 20.4. The van der Waals surface area contributed by atoms with Crippen molar-refractivity contribution in [2.45, 2.75) is 35.9 Å². The number of alkyl halides is 8. The van der Waals surface area contributed by atoms with Gasteiger partial charge in [0.15, 0.2) is 11.9 Å². The predicted molar refractivity (Wildman–Crippen MR) is 56.8 cm³/mol. The molecule has 0 aromatic rings. The first-order chi connectivity index (χ1) is 10.9. The van der Waals surface area contributed by atoms with Crippen molar-refractivity contribution < 1.29 is 97.1 Å². The van der Waals surface area contributed by atoms with Crippen LogP contribution in [0, 0.1) is 0 Å². The molecular formula is C9H7F8NaO7S. The Hall–Kier alpha value is -0.710. The maximum absolute atomic E-state index is 13.1. The minimum atomic E-state index is -6.73. The van der Waals surface area contributed by atoms with Crippen molar-refractivity contribution in [2.75, 3.05) is 6.61 Å². The number of hydrogen-bond acceptors (Lipinski definition) is 6. The Kier molecular flexibility index (Phi) is 9.51. The fourth-order valence-corrected chi connectivity index (χ4v) is 1.85. The average molecular weight is 434 g/mol. The second-order valence-corrected chi connectivity index (χ2v) is 5.99. The van der Waals surface area contributed by atoms with Crippen LogP contribution in [0.25, 0.3) is 0 Å². The van der Waals surface area contributed by atoms with Crippen molar-refractivity contribution in [3.05, 3.63) is 0 Å². The van der Waals surface area contributed by atoms with Crippen LogP contribution < -0.4 is 34.7 Å². The van der Waals surface area contributed by atoms with E-state index in [0.29, 0.717) is 0 Å². The SMILES string of the molecule is O=C([O-])CC(C(=O)OCC(F)(F)C(F)(F)C(F)(F)C(F)F)S(=O)(=O)O.[Na+]. The van der Waals surface area contributed by atoms with Gasteiger partial charge in [-0.3, -0.25) is 9.35 Å². The van der Waals surface area contributed by atoms with Gasteiger partial charge in [0.05, 0.1) is 0 Å². The Balaban J connectivity index is 0. The van der Waals surface area contributed by atoms with Gasteiger partial charge in [0.1, 0.15) is 0 Å². The first-order valence-corrected chi connectivity index (χ1v) is 7.12. The van der Waals surface area contributed by atoms with E-state index >= 15 is 0 Å². The number of carbonyl (C=O) groups excluding carboxylic acids is 2. The van der Waals surface area contributed by atoms with Crippen molar-refractivity contribution in [2.24, 2.45) is 0 Å². The smallest absolute Gasteiger partial charge is 0.550 e. The quantitative estimate of drug-likeness (QED) is 0.179. The molecule has 0 aliphatic carbocycles. The monoisotopic (exact) mass is 434 g/mol. The topological polar surface area (TPSA) is 121 Å². The fraction of sp³-hybridized carbons (Fsp3) is 0.778. The average Bonchev–Trinajstić information content (AvgIpc) is 2.40. The summed E-state index contributed by atoms with van der Waals surface area (Å²) in [7, 11) is -5.60. The molecule has 1 unspecified atom stereocenters. The van der Waals surface area contributed by atoms with Crippen molar-refractivity contribution in [1.29, 1.82) is 0 Å². The van der Waals surface area contributed by atoms with E-state index in [-0.39, 0.29) is 29.6 Å². The van der Waals surface area contributed by atoms with Crippen molar-refractivity contribution in [3.63, 3.8) is 0 Å². The minimum absolute atomic E-state index is 0. The van der Waals surface area contributed by atoms with Crippen LogP contribution in [0.2, 0.25) is 0 Å². The predicted octanol–water partition coefficient (Wildman–Crippen LogP) is -2.90. The molecule has 0 heterocycles. The van der Waals surface area contributed by atoms with Crippen molar-refractivity contribution in [1.82, 2.24) is 0 Å². The largest absolute Gasteiger partial charge is 1.00 e. The molecule has 1 atom stereocenters. The fourth-order valence-electron chi connectivity index (χ4n) is 1.19. The first-order valence-electron chi connectivity index (χ1n) is 5.62. The second-order valence-electron chi connectivity index (χ2n) is 4.39. The molecule has 0 aliphatic rings. The standard InChI is InChI=1S/C9H8F8O7S.Na/c10-6(11)8(14,15)9(16,17)7(12,13)2-24-5(20)3(1-4(18)19)25(21,22)23;/h3,6H,1-2H2,(H,18,19)(H,21,22,23);/q;+1/p-1. The van der Waals surface area contributed by atoms with Gasteiger partial charge in [0.2, 0.25) is 0 Å². The van der Waals surface area contributed by atoms with E-state index in [0.717, 1.165) is 0 Å². The Morgan fingerprint density at radius 3 is 1.81 bits per heavy atom. The van der Waals surface area contributed by atoms with Crippen LogP contribution in [0.5, 0.6) is 0 Å². The van der Waals surface area contributed by atoms with Crippen molar-refractivity contribution >= 4 is 22.1 Å². The molecule has 148 valence electrons. The molecule has 0 saturated heterocycles. The van der Waals surface area contributed by atoms with Crippen LogP contribution in [0.4, 0.5) is 35.1 Å². The normalized spacial score (nSPS) is 14.5. The van der Waals surface area contributed by atoms with Gasteiger partial charge in [-0.25, -0.2) is 8.78 Å². The van der Waals surface area contributed by atoms with Gasteiger partial charge in [0, 0.05) is 12.4 Å². The number of rotatable bonds is 9. The molecule has 7 nitrogen and oxygen atoms in total. The molecule has 26 heavy (non-hydrogen) atoms. The summed E-state index contributed by atoms with van der Waals surface area (Å²) in [6, 6.07) is 0. The molecule has 0 rings (SSSR count). The van der Waals surface area contributed by atoms with Gasteiger partial charge < -0.3 is 14.6 Å². The van der Waals surface area contributed by atoms with Gasteiger partial charge in [-0.2, -0.15) is 34.8 Å². The maximum Gasteiger partial charge on any atom is 1.00 e. The molecule has 0 radical (unpaired) electrons. The van der Waals surface area contributed by atoms with E-state index in [1.165, 1.54) is 0 Å². The molecule has 0 aromatic carbocycles. The summed E-state index contributed by atoms with van der Waals surface area (Å²) in [6.45, 7) is -3.01. The third-order valence-corrected chi connectivity index (χ3v) is 3.60. The number of hydrogen-bond donors (Lipinski definition) is 1. The second kappa shape index (κ2) is 8.99. The van der Waals surface area contributed by atoms with Crippen LogP contribution in [0.3, 0.4) is 0 Å². The van der Waals surface area contributed by atoms with Crippen LogP contribution in [0.1, 0.15) is 6.42 Å². The zero-order valence-corrected chi connectivity index (χ0v) is 15.2. The van der Waals surface area contributed by atoms with Crippen molar-refractivity contribution in [3.8, 4) is 0 Å². The van der Waals surface area contributed by atoms with Gasteiger partial charge in [0.25, 0.3) is 10.1 Å². The molecule has 17 heteroatoms. The Morgan fingerprint density at radius 2 is 1.50 bits per heavy atom. The van der Waals surface area contributed by atoms with Gasteiger partial charge in [-0.05, 0) is 0 Å². The third-order valence-electron chi connectivity index (χ3n) is 2.52. The summed E-state index contributed by atoms with van der Waals surface area (Å²) in [5.41, 5.74) is 0. The van der Waals surface area contributed by atoms with E-state index in [1.54, 1.807) is 0 Å². The summed E-state index contributed by atoms with van der Waals surface area (Å²) in [5, 5.41) is 7.08. The summed E-state index contributed by atoms with van der Waals surface area (Å²) in [4.78, 5) is 21.3. The molecule has 0 aromatic heterocycles. The number of carbonyl (C=O) groups is 2. The molecule has 0 aliphatic heterocycles. The molecule has 1 N–H and O–H groups in total. The van der Waals surface area contributed by atoms with E-state index in [2.05, 4.69) is 4.74 Å². The zero-order valence-electron chi connectivity index (χ0n) is 12.4. The van der Waals surface area contributed by atoms with E-state index in [4.69, 9.17) is 4.55 Å². The Labute approximate surface area is 161 Å². The van der Waals surface area contributed by atoms with Gasteiger partial charge >= 0.3 is 59.7 Å². The Morgan fingerprint density at radius 1 is 1.08 bits per heavy atom. The van der Waals surface area contributed by atoms with Crippen LogP contribution in [0.15, 0.2) is 0 Å². The molecule has 0 spiro atoms. The summed E-state index contributed by atoms with van der Waals surface area (Å²) in [6.07, 6.45) is -7.08. The van der Waals surface area contributed by atoms with E-state index < -0.39 is 64.5 Å². The number of carboxylic acid groups (broad SMARTS) is 1. The van der Waals surface area contributed by atoms with Crippen LogP contribution >= 0.6 is 0 Å². The molecule has 0 amide bonds. The molecule has 0 fully saturated rings. The maximum atomic E-state index is 13.1. The number of ether oxygens (including phenoxy) is 1. The third kappa shape index (κ3) is 6.17. The van der Waals surface area contributed by atoms with E-state index in [1.807, 2.05) is 0 Å². The molecule has 0 bridgehead atoms. The van der Waals surface area contributed by atoms with Gasteiger partial charge in [-0.15, -0.1) is 0 Å².